The van der Waals surface area contributed by atoms with Crippen molar-refractivity contribution in [1.82, 2.24) is 14.5 Å². The maximum Gasteiger partial charge on any atom is 0.416 e. The number of alkyl halides is 6. The first-order valence-electron chi connectivity index (χ1n) is 10.4. The van der Waals surface area contributed by atoms with Crippen LogP contribution in [0.4, 0.5) is 26.3 Å². The largest absolute Gasteiger partial charge is 0.416 e. The van der Waals surface area contributed by atoms with E-state index in [0.717, 1.165) is 4.90 Å². The molecular weight excluding hydrogens is 500 g/mol. The van der Waals surface area contributed by atoms with Crippen molar-refractivity contribution < 1.29 is 31.1 Å². The molecule has 2 aromatic carbocycles. The Morgan fingerprint density at radius 3 is 2.14 bits per heavy atom. The minimum absolute atomic E-state index is 0.0128. The SMILES string of the molecule is CCCN(C(=O)c1cc(C(F)(F)F)cc(C(F)(F)F)c1)C(C)c1nc2cc(Cl)ccc2c(=O)n1C. The Morgan fingerprint density at radius 2 is 1.63 bits per heavy atom. The Hall–Kier alpha value is -3.08. The Bertz CT molecular complexity index is 1300. The van der Waals surface area contributed by atoms with Crippen LogP contribution in [0.1, 0.15) is 53.6 Å². The molecule has 0 saturated carbocycles. The number of aromatic nitrogens is 2. The molecule has 1 heterocycles. The monoisotopic (exact) mass is 519 g/mol. The predicted molar refractivity (Wildman–Crippen MR) is 118 cm³/mol. The number of nitrogens with zero attached hydrogens (tertiary/aromatic N) is 3. The minimum Gasteiger partial charge on any atom is -0.329 e. The molecule has 0 aliphatic carbocycles. The fraction of sp³-hybridized carbons (Fsp3) is 0.348. The van der Waals surface area contributed by atoms with E-state index >= 15 is 0 Å². The first kappa shape index (κ1) is 26.5. The lowest BCUT2D eigenvalue weighted by Crippen LogP contribution is -2.38. The van der Waals surface area contributed by atoms with Gasteiger partial charge in [-0.1, -0.05) is 18.5 Å². The Kier molecular flexibility index (Phi) is 7.21. The van der Waals surface area contributed by atoms with Crippen molar-refractivity contribution >= 4 is 28.4 Å². The summed E-state index contributed by atoms with van der Waals surface area (Å²) in [5, 5.41) is 0.566. The van der Waals surface area contributed by atoms with Crippen LogP contribution in [0.15, 0.2) is 41.2 Å². The van der Waals surface area contributed by atoms with Crippen LogP contribution in [0.25, 0.3) is 10.9 Å². The van der Waals surface area contributed by atoms with Gasteiger partial charge in [0.1, 0.15) is 5.82 Å². The number of carbonyl (C=O) groups excluding carboxylic acids is 1. The molecule has 3 rings (SSSR count). The number of fused-ring (bicyclic) bond motifs is 1. The Morgan fingerprint density at radius 1 is 1.06 bits per heavy atom. The predicted octanol–water partition coefficient (Wildman–Crippen LogP) is 6.24. The van der Waals surface area contributed by atoms with Crippen LogP contribution in [0.5, 0.6) is 0 Å². The van der Waals surface area contributed by atoms with Gasteiger partial charge in [-0.25, -0.2) is 4.98 Å². The highest BCUT2D eigenvalue weighted by atomic mass is 35.5. The lowest BCUT2D eigenvalue weighted by Gasteiger charge is -2.30. The van der Waals surface area contributed by atoms with Gasteiger partial charge in [0.2, 0.25) is 0 Å². The van der Waals surface area contributed by atoms with Gasteiger partial charge in [-0.15, -0.1) is 0 Å². The summed E-state index contributed by atoms with van der Waals surface area (Å²) in [6.07, 6.45) is -9.85. The molecule has 0 N–H and O–H groups in total. The number of hydrogen-bond acceptors (Lipinski definition) is 3. The van der Waals surface area contributed by atoms with Gasteiger partial charge in [-0.3, -0.25) is 14.2 Å². The highest BCUT2D eigenvalue weighted by Gasteiger charge is 2.38. The topological polar surface area (TPSA) is 55.2 Å². The molecule has 0 aliphatic rings. The summed E-state index contributed by atoms with van der Waals surface area (Å²) in [7, 11) is 1.41. The van der Waals surface area contributed by atoms with Crippen LogP contribution >= 0.6 is 11.6 Å². The van der Waals surface area contributed by atoms with E-state index in [2.05, 4.69) is 4.98 Å². The van der Waals surface area contributed by atoms with Crippen molar-refractivity contribution in [2.24, 2.45) is 7.05 Å². The summed E-state index contributed by atoms with van der Waals surface area (Å²) in [6.45, 7) is 3.16. The minimum atomic E-state index is -5.10. The second kappa shape index (κ2) is 9.52. The Balaban J connectivity index is 2.15. The van der Waals surface area contributed by atoms with Gasteiger partial charge in [0.05, 0.1) is 28.1 Å². The average Bonchev–Trinajstić information content (AvgIpc) is 2.77. The molecule has 0 saturated heterocycles. The van der Waals surface area contributed by atoms with Crippen molar-refractivity contribution in [2.75, 3.05) is 6.54 Å². The first-order valence-corrected chi connectivity index (χ1v) is 10.8. The van der Waals surface area contributed by atoms with Crippen LogP contribution in [-0.4, -0.2) is 26.9 Å². The van der Waals surface area contributed by atoms with E-state index in [1.165, 1.54) is 36.7 Å². The summed E-state index contributed by atoms with van der Waals surface area (Å²) < 4.78 is 81.0. The molecular formula is C23H20ClF6N3O2. The van der Waals surface area contributed by atoms with Crippen LogP contribution in [0, 0.1) is 0 Å². The molecule has 0 fully saturated rings. The fourth-order valence-electron chi connectivity index (χ4n) is 3.73. The number of carbonyl (C=O) groups is 1. The van der Waals surface area contributed by atoms with E-state index < -0.39 is 46.6 Å². The third kappa shape index (κ3) is 5.44. The standard InChI is InChI=1S/C23H20ClF6N3O2/c1-4-7-33(12(2)19-31-18-11-16(24)5-6-17(18)21(35)32(19)3)20(34)13-8-14(22(25,26)27)10-15(9-13)23(28,29)30/h5-6,8-12H,4,7H2,1-3H3. The van der Waals surface area contributed by atoms with E-state index in [-0.39, 0.29) is 29.3 Å². The third-order valence-electron chi connectivity index (χ3n) is 5.47. The second-order valence-corrected chi connectivity index (χ2v) is 8.40. The van der Waals surface area contributed by atoms with Gasteiger partial charge in [0, 0.05) is 24.2 Å². The fourth-order valence-corrected chi connectivity index (χ4v) is 3.90. The van der Waals surface area contributed by atoms with Gasteiger partial charge in [-0.2, -0.15) is 26.3 Å². The molecule has 0 spiro atoms. The van der Waals surface area contributed by atoms with E-state index in [9.17, 15) is 35.9 Å². The molecule has 1 amide bonds. The van der Waals surface area contributed by atoms with Gasteiger partial charge in [0.15, 0.2) is 0 Å². The molecule has 3 aromatic rings. The van der Waals surface area contributed by atoms with Crippen molar-refractivity contribution in [3.63, 3.8) is 0 Å². The maximum atomic E-state index is 13.3. The highest BCUT2D eigenvalue weighted by Crippen LogP contribution is 2.37. The normalized spacial score (nSPS) is 13.2. The molecule has 35 heavy (non-hydrogen) atoms. The molecule has 12 heteroatoms. The van der Waals surface area contributed by atoms with Gasteiger partial charge in [-0.05, 0) is 49.7 Å². The zero-order chi connectivity index (χ0) is 26.3. The zero-order valence-electron chi connectivity index (χ0n) is 18.8. The molecule has 1 aromatic heterocycles. The van der Waals surface area contributed by atoms with Gasteiger partial charge < -0.3 is 4.90 Å². The molecule has 5 nitrogen and oxygen atoms in total. The smallest absolute Gasteiger partial charge is 0.329 e. The van der Waals surface area contributed by atoms with E-state index in [1.807, 2.05) is 0 Å². The van der Waals surface area contributed by atoms with Gasteiger partial charge in [0.25, 0.3) is 11.5 Å². The zero-order valence-corrected chi connectivity index (χ0v) is 19.5. The third-order valence-corrected chi connectivity index (χ3v) is 5.71. The van der Waals surface area contributed by atoms with E-state index in [0.29, 0.717) is 23.6 Å². The van der Waals surface area contributed by atoms with Crippen molar-refractivity contribution in [3.05, 3.63) is 74.3 Å². The molecule has 188 valence electrons. The summed E-state index contributed by atoms with van der Waals surface area (Å²) in [6, 6.07) is 4.21. The second-order valence-electron chi connectivity index (χ2n) is 7.96. The summed E-state index contributed by atoms with van der Waals surface area (Å²) in [5.41, 5.74) is -4.17. The summed E-state index contributed by atoms with van der Waals surface area (Å²) in [5.74, 6) is -0.967. The molecule has 0 radical (unpaired) electrons. The number of rotatable bonds is 5. The van der Waals surface area contributed by atoms with Crippen LogP contribution in [0.3, 0.4) is 0 Å². The number of benzene rings is 2. The number of hydrogen-bond donors (Lipinski definition) is 0. The number of amides is 1. The van der Waals surface area contributed by atoms with Crippen molar-refractivity contribution in [1.29, 1.82) is 0 Å². The van der Waals surface area contributed by atoms with Crippen LogP contribution < -0.4 is 5.56 Å². The van der Waals surface area contributed by atoms with Crippen LogP contribution in [0.2, 0.25) is 5.02 Å². The van der Waals surface area contributed by atoms with E-state index in [4.69, 9.17) is 11.6 Å². The lowest BCUT2D eigenvalue weighted by atomic mass is 10.0. The lowest BCUT2D eigenvalue weighted by molar-refractivity contribution is -0.143. The summed E-state index contributed by atoms with van der Waals surface area (Å²) in [4.78, 5) is 31.6. The highest BCUT2D eigenvalue weighted by molar-refractivity contribution is 6.31. The molecule has 0 bridgehead atoms. The van der Waals surface area contributed by atoms with E-state index in [1.54, 1.807) is 6.92 Å². The molecule has 0 aliphatic heterocycles. The molecule has 1 unspecified atom stereocenters. The van der Waals surface area contributed by atoms with Crippen molar-refractivity contribution in [3.8, 4) is 0 Å². The number of halogens is 7. The average molecular weight is 520 g/mol. The van der Waals surface area contributed by atoms with Crippen LogP contribution in [-0.2, 0) is 19.4 Å². The maximum absolute atomic E-state index is 13.3. The summed E-state index contributed by atoms with van der Waals surface area (Å²) >= 11 is 5.99. The van der Waals surface area contributed by atoms with Gasteiger partial charge >= 0.3 is 12.4 Å². The van der Waals surface area contributed by atoms with Crippen molar-refractivity contribution in [2.45, 2.75) is 38.7 Å². The first-order chi connectivity index (χ1) is 16.1. The quantitative estimate of drug-likeness (QED) is 0.375. The molecule has 1 atom stereocenters. The Labute approximate surface area is 200 Å².